The zero-order chi connectivity index (χ0) is 16.2. The molecule has 1 aliphatic heterocycles. The summed E-state index contributed by atoms with van der Waals surface area (Å²) >= 11 is 1.61. The first-order chi connectivity index (χ1) is 11.1. The zero-order valence-corrected chi connectivity index (χ0v) is 14.5. The monoisotopic (exact) mass is 326 g/mol. The molecule has 1 N–H and O–H groups in total. The number of nitrogens with zero attached hydrogens (tertiary/aromatic N) is 1. The summed E-state index contributed by atoms with van der Waals surface area (Å²) in [7, 11) is 0. The van der Waals surface area contributed by atoms with Gasteiger partial charge in [-0.1, -0.05) is 29.8 Å². The van der Waals surface area contributed by atoms with Crippen LogP contribution in [0.3, 0.4) is 0 Å². The van der Waals surface area contributed by atoms with E-state index in [4.69, 9.17) is 0 Å². The number of rotatable bonds is 4. The van der Waals surface area contributed by atoms with Gasteiger partial charge in [-0.3, -0.25) is 4.79 Å². The summed E-state index contributed by atoms with van der Waals surface area (Å²) in [6.45, 7) is 6.22. The van der Waals surface area contributed by atoms with Crippen molar-refractivity contribution >= 4 is 22.2 Å². The fraction of sp³-hybridized carbons (Fsp3) is 0.316. The number of hydrogen-bond acceptors (Lipinski definition) is 3. The third kappa shape index (κ3) is 4.02. The number of anilines is 1. The van der Waals surface area contributed by atoms with Gasteiger partial charge < -0.3 is 10.2 Å². The average Bonchev–Trinajstić information content (AvgIpc) is 3.18. The van der Waals surface area contributed by atoms with Crippen LogP contribution in [-0.2, 0) is 4.79 Å². The molecule has 1 aromatic heterocycles. The normalized spacial score (nSPS) is 15.0. The van der Waals surface area contributed by atoms with Crippen LogP contribution in [0.2, 0.25) is 0 Å². The van der Waals surface area contributed by atoms with Crippen LogP contribution in [0.1, 0.15) is 25.3 Å². The van der Waals surface area contributed by atoms with Gasteiger partial charge >= 0.3 is 0 Å². The van der Waals surface area contributed by atoms with E-state index < -0.39 is 0 Å². The van der Waals surface area contributed by atoms with E-state index in [1.807, 2.05) is 13.0 Å². The van der Waals surface area contributed by atoms with Crippen molar-refractivity contribution in [3.63, 3.8) is 0 Å². The van der Waals surface area contributed by atoms with Crippen molar-refractivity contribution in [2.24, 2.45) is 0 Å². The number of hydrogen-bond donors (Lipinski definition) is 1. The molecule has 1 saturated heterocycles. The summed E-state index contributed by atoms with van der Waals surface area (Å²) in [5, 5.41) is 3.86. The van der Waals surface area contributed by atoms with Gasteiger partial charge in [0, 0.05) is 29.7 Å². The zero-order valence-electron chi connectivity index (χ0n) is 13.6. The first-order valence-electron chi connectivity index (χ1n) is 8.03. The molecule has 1 amide bonds. The first-order valence-corrected chi connectivity index (χ1v) is 8.84. The minimum atomic E-state index is -0.0490. The second-order valence-electron chi connectivity index (χ2n) is 6.00. The fourth-order valence-electron chi connectivity index (χ4n) is 2.87. The van der Waals surface area contributed by atoms with Crippen molar-refractivity contribution in [2.45, 2.75) is 26.7 Å². The predicted molar refractivity (Wildman–Crippen MR) is 97.7 cm³/mol. The second kappa shape index (κ2) is 7.01. The van der Waals surface area contributed by atoms with Crippen LogP contribution in [0.5, 0.6) is 0 Å². The topological polar surface area (TPSA) is 32.3 Å². The highest BCUT2D eigenvalue weighted by atomic mass is 32.1. The Morgan fingerprint density at radius 2 is 2.00 bits per heavy atom. The van der Waals surface area contributed by atoms with Crippen LogP contribution >= 0.6 is 11.3 Å². The Balaban J connectivity index is 1.66. The largest absolute Gasteiger partial charge is 0.375 e. The van der Waals surface area contributed by atoms with E-state index in [-0.39, 0.29) is 5.91 Å². The number of allylic oxidation sites excluding steroid dienone is 1. The van der Waals surface area contributed by atoms with Crippen molar-refractivity contribution in [3.8, 4) is 10.4 Å². The van der Waals surface area contributed by atoms with Gasteiger partial charge in [0.05, 0.1) is 5.00 Å². The van der Waals surface area contributed by atoms with E-state index in [2.05, 4.69) is 47.5 Å². The molecule has 4 heteroatoms. The molecular weight excluding hydrogens is 304 g/mol. The van der Waals surface area contributed by atoms with Crippen LogP contribution < -0.4 is 5.32 Å². The number of amides is 1. The molecule has 0 aliphatic carbocycles. The summed E-state index contributed by atoms with van der Waals surface area (Å²) in [4.78, 5) is 15.6. The molecule has 0 spiro atoms. The number of nitrogens with one attached hydrogen (secondary N) is 1. The number of aryl methyl sites for hydroxylation is 1. The van der Waals surface area contributed by atoms with Gasteiger partial charge in [0.2, 0.25) is 0 Å². The lowest BCUT2D eigenvalue weighted by atomic mass is 10.1. The standard InChI is InChI=1S/C19H22N2OS/c1-14-6-5-7-16(12-14)17-8-9-19(23-17)20-18(22)13-15(2)21-10-3-4-11-21/h5-9,12-13H,3-4,10-11H2,1-2H3,(H,20,22). The maximum Gasteiger partial charge on any atom is 0.250 e. The molecule has 0 radical (unpaired) electrons. The van der Waals surface area contributed by atoms with Crippen molar-refractivity contribution in [2.75, 3.05) is 18.4 Å². The van der Waals surface area contributed by atoms with E-state index in [0.29, 0.717) is 0 Å². The third-order valence-corrected chi connectivity index (χ3v) is 5.15. The van der Waals surface area contributed by atoms with E-state index in [1.165, 1.54) is 28.8 Å². The number of carbonyl (C=O) groups is 1. The van der Waals surface area contributed by atoms with Crippen molar-refractivity contribution < 1.29 is 4.79 Å². The molecule has 0 saturated carbocycles. The van der Waals surface area contributed by atoms with Gasteiger partial charge in [0.25, 0.3) is 5.91 Å². The average molecular weight is 326 g/mol. The lowest BCUT2D eigenvalue weighted by Gasteiger charge is -2.17. The van der Waals surface area contributed by atoms with Crippen LogP contribution in [0, 0.1) is 6.92 Å². The Kier molecular flexibility index (Phi) is 4.82. The quantitative estimate of drug-likeness (QED) is 0.829. The second-order valence-corrected chi connectivity index (χ2v) is 7.09. The highest BCUT2D eigenvalue weighted by Crippen LogP contribution is 2.31. The lowest BCUT2D eigenvalue weighted by Crippen LogP contribution is -2.19. The molecule has 2 heterocycles. The van der Waals surface area contributed by atoms with Crippen LogP contribution in [0.15, 0.2) is 48.2 Å². The predicted octanol–water partition coefficient (Wildman–Crippen LogP) is 4.66. The molecular formula is C19H22N2OS. The molecule has 3 rings (SSSR count). The summed E-state index contributed by atoms with van der Waals surface area (Å²) in [5.41, 5.74) is 3.49. The molecule has 2 aromatic rings. The number of thiophene rings is 1. The number of benzene rings is 1. The van der Waals surface area contributed by atoms with Gasteiger partial charge in [-0.2, -0.15) is 0 Å². The summed E-state index contributed by atoms with van der Waals surface area (Å²) in [5.74, 6) is -0.0490. The number of likely N-dealkylation sites (tertiary alicyclic amines) is 1. The van der Waals surface area contributed by atoms with Crippen LogP contribution in [0.4, 0.5) is 5.00 Å². The van der Waals surface area contributed by atoms with Crippen LogP contribution in [-0.4, -0.2) is 23.9 Å². The van der Waals surface area contributed by atoms with Crippen molar-refractivity contribution in [1.82, 2.24) is 4.90 Å². The van der Waals surface area contributed by atoms with Crippen LogP contribution in [0.25, 0.3) is 10.4 Å². The summed E-state index contributed by atoms with van der Waals surface area (Å²) in [6, 6.07) is 12.4. The maximum atomic E-state index is 12.2. The highest BCUT2D eigenvalue weighted by molar-refractivity contribution is 7.19. The Morgan fingerprint density at radius 3 is 2.74 bits per heavy atom. The molecule has 23 heavy (non-hydrogen) atoms. The van der Waals surface area contributed by atoms with Gasteiger partial charge in [0.15, 0.2) is 0 Å². The van der Waals surface area contributed by atoms with Gasteiger partial charge in [0.1, 0.15) is 0 Å². The summed E-state index contributed by atoms with van der Waals surface area (Å²) in [6.07, 6.45) is 4.15. The SMILES string of the molecule is CC(=CC(=O)Nc1ccc(-c2cccc(C)c2)s1)N1CCCC1. The van der Waals surface area contributed by atoms with E-state index in [1.54, 1.807) is 17.4 Å². The van der Waals surface area contributed by atoms with Crippen molar-refractivity contribution in [1.29, 1.82) is 0 Å². The summed E-state index contributed by atoms with van der Waals surface area (Å²) < 4.78 is 0. The molecule has 3 nitrogen and oxygen atoms in total. The van der Waals surface area contributed by atoms with Gasteiger partial charge in [-0.05, 0) is 44.4 Å². The molecule has 1 aliphatic rings. The van der Waals surface area contributed by atoms with E-state index in [0.717, 1.165) is 23.8 Å². The highest BCUT2D eigenvalue weighted by Gasteiger charge is 2.13. The first kappa shape index (κ1) is 15.8. The Hall–Kier alpha value is -2.07. The maximum absolute atomic E-state index is 12.2. The minimum Gasteiger partial charge on any atom is -0.375 e. The van der Waals surface area contributed by atoms with E-state index >= 15 is 0 Å². The Labute approximate surface area is 141 Å². The minimum absolute atomic E-state index is 0.0490. The Morgan fingerprint density at radius 1 is 1.22 bits per heavy atom. The molecule has 0 atom stereocenters. The smallest absolute Gasteiger partial charge is 0.250 e. The lowest BCUT2D eigenvalue weighted by molar-refractivity contribution is -0.112. The van der Waals surface area contributed by atoms with Gasteiger partial charge in [-0.25, -0.2) is 0 Å². The Bertz CT molecular complexity index is 726. The van der Waals surface area contributed by atoms with E-state index in [9.17, 15) is 4.79 Å². The molecule has 120 valence electrons. The molecule has 1 fully saturated rings. The van der Waals surface area contributed by atoms with Crippen molar-refractivity contribution in [3.05, 3.63) is 53.7 Å². The fourth-order valence-corrected chi connectivity index (χ4v) is 3.77. The van der Waals surface area contributed by atoms with Gasteiger partial charge in [-0.15, -0.1) is 11.3 Å². The molecule has 1 aromatic carbocycles. The third-order valence-electron chi connectivity index (χ3n) is 4.10. The molecule has 0 bridgehead atoms. The number of carbonyl (C=O) groups excluding carboxylic acids is 1. The molecule has 0 unspecified atom stereocenters.